The molecule has 0 radical (unpaired) electrons. The summed E-state index contributed by atoms with van der Waals surface area (Å²) in [6, 6.07) is 0. The van der Waals surface area contributed by atoms with E-state index in [1.165, 1.54) is 7.11 Å². The van der Waals surface area contributed by atoms with Crippen LogP contribution in [-0.2, 0) is 4.84 Å². The first-order chi connectivity index (χ1) is 4.88. The molecule has 1 rings (SSSR count). The lowest BCUT2D eigenvalue weighted by Crippen LogP contribution is -2.11. The van der Waals surface area contributed by atoms with E-state index in [-0.39, 0.29) is 0 Å². The molecular formula is C6H9N3O. The molecule has 0 unspecified atom stereocenters. The van der Waals surface area contributed by atoms with Crippen molar-refractivity contribution in [1.29, 1.82) is 0 Å². The van der Waals surface area contributed by atoms with Gasteiger partial charge in [0.05, 0.1) is 6.21 Å². The van der Waals surface area contributed by atoms with Crippen LogP contribution >= 0.6 is 0 Å². The monoisotopic (exact) mass is 139 g/mol. The van der Waals surface area contributed by atoms with Gasteiger partial charge in [0, 0.05) is 18.3 Å². The van der Waals surface area contributed by atoms with Gasteiger partial charge < -0.3 is 10.6 Å². The van der Waals surface area contributed by atoms with E-state index in [0.717, 1.165) is 5.57 Å². The zero-order valence-corrected chi connectivity index (χ0v) is 5.74. The Hall–Kier alpha value is -1.16. The second-order valence-electron chi connectivity index (χ2n) is 1.80. The van der Waals surface area contributed by atoms with Crippen molar-refractivity contribution in [1.82, 2.24) is 0 Å². The van der Waals surface area contributed by atoms with Gasteiger partial charge in [0.15, 0.2) is 0 Å². The van der Waals surface area contributed by atoms with E-state index in [9.17, 15) is 0 Å². The smallest absolute Gasteiger partial charge is 0.127 e. The Labute approximate surface area is 59.1 Å². The molecule has 0 aromatic rings. The topological polar surface area (TPSA) is 60.0 Å². The van der Waals surface area contributed by atoms with Crippen LogP contribution in [0.25, 0.3) is 0 Å². The van der Waals surface area contributed by atoms with Gasteiger partial charge in [-0.05, 0) is 0 Å². The summed E-state index contributed by atoms with van der Waals surface area (Å²) in [5, 5.41) is 3.69. The molecule has 0 spiro atoms. The molecule has 0 saturated heterocycles. The fourth-order valence-electron chi connectivity index (χ4n) is 0.685. The first-order valence-corrected chi connectivity index (χ1v) is 2.92. The molecule has 0 amide bonds. The average Bonchev–Trinajstić information content (AvgIpc) is 2.36. The zero-order chi connectivity index (χ0) is 7.40. The number of oxime groups is 1. The normalized spacial score (nSPS) is 19.8. The minimum absolute atomic E-state index is 0.447. The van der Waals surface area contributed by atoms with E-state index in [1.807, 2.05) is 0 Å². The second-order valence-corrected chi connectivity index (χ2v) is 1.80. The molecule has 4 nitrogen and oxygen atoms in total. The van der Waals surface area contributed by atoms with Gasteiger partial charge in [0.1, 0.15) is 12.8 Å². The van der Waals surface area contributed by atoms with Gasteiger partial charge in [-0.15, -0.1) is 0 Å². The molecule has 4 heteroatoms. The van der Waals surface area contributed by atoms with Crippen LogP contribution in [-0.4, -0.2) is 25.6 Å². The highest BCUT2D eigenvalue weighted by molar-refractivity contribution is 6.39. The SMILES string of the molecule is CON=C1C=NC=C1CN. The molecular weight excluding hydrogens is 130 g/mol. The third-order valence-corrected chi connectivity index (χ3v) is 1.17. The lowest BCUT2D eigenvalue weighted by Gasteiger charge is -1.95. The zero-order valence-electron chi connectivity index (χ0n) is 5.74. The highest BCUT2D eigenvalue weighted by Gasteiger charge is 2.07. The molecule has 54 valence electrons. The van der Waals surface area contributed by atoms with Crippen molar-refractivity contribution >= 4 is 11.9 Å². The largest absolute Gasteiger partial charge is 0.399 e. The van der Waals surface area contributed by atoms with Crippen molar-refractivity contribution in [3.63, 3.8) is 0 Å². The lowest BCUT2D eigenvalue weighted by atomic mass is 10.2. The molecule has 2 N–H and O–H groups in total. The molecule has 0 aromatic carbocycles. The van der Waals surface area contributed by atoms with Crippen LogP contribution in [0.4, 0.5) is 0 Å². The molecule has 0 aromatic heterocycles. The molecule has 1 aliphatic heterocycles. The Morgan fingerprint density at radius 1 is 1.80 bits per heavy atom. The summed E-state index contributed by atoms with van der Waals surface area (Å²) in [5.74, 6) is 0. The number of nitrogens with zero attached hydrogens (tertiary/aromatic N) is 2. The van der Waals surface area contributed by atoms with E-state index < -0.39 is 0 Å². The first kappa shape index (κ1) is 6.95. The standard InChI is InChI=1S/C6H9N3O/c1-10-9-6-4-8-3-5(6)2-7/h3-4H,2,7H2,1H3. The maximum absolute atomic E-state index is 5.37. The Morgan fingerprint density at radius 3 is 3.20 bits per heavy atom. The summed E-state index contributed by atoms with van der Waals surface area (Å²) in [6.45, 7) is 0.447. The van der Waals surface area contributed by atoms with Gasteiger partial charge >= 0.3 is 0 Å². The quantitative estimate of drug-likeness (QED) is 0.544. The van der Waals surface area contributed by atoms with Crippen LogP contribution in [0.1, 0.15) is 0 Å². The van der Waals surface area contributed by atoms with Crippen LogP contribution in [0.15, 0.2) is 21.9 Å². The third-order valence-electron chi connectivity index (χ3n) is 1.17. The molecule has 1 heterocycles. The first-order valence-electron chi connectivity index (χ1n) is 2.92. The van der Waals surface area contributed by atoms with Crippen molar-refractivity contribution in [2.45, 2.75) is 0 Å². The average molecular weight is 139 g/mol. The predicted molar refractivity (Wildman–Crippen MR) is 40.1 cm³/mol. The maximum atomic E-state index is 5.37. The summed E-state index contributed by atoms with van der Waals surface area (Å²) < 4.78 is 0. The molecule has 1 aliphatic rings. The number of hydrogen-bond donors (Lipinski definition) is 1. The van der Waals surface area contributed by atoms with Crippen LogP contribution in [0.5, 0.6) is 0 Å². The highest BCUT2D eigenvalue weighted by Crippen LogP contribution is 2.01. The highest BCUT2D eigenvalue weighted by atomic mass is 16.6. The van der Waals surface area contributed by atoms with E-state index in [0.29, 0.717) is 12.3 Å². The molecule has 0 fully saturated rings. The fraction of sp³-hybridized carbons (Fsp3) is 0.333. The predicted octanol–water partition coefficient (Wildman–Crippen LogP) is -0.0842. The van der Waals surface area contributed by atoms with Gasteiger partial charge in [-0.3, -0.25) is 4.99 Å². The van der Waals surface area contributed by atoms with E-state index >= 15 is 0 Å². The summed E-state index contributed by atoms with van der Waals surface area (Å²) in [7, 11) is 1.49. The van der Waals surface area contributed by atoms with Crippen molar-refractivity contribution in [3.8, 4) is 0 Å². The van der Waals surface area contributed by atoms with Gasteiger partial charge in [-0.2, -0.15) is 0 Å². The van der Waals surface area contributed by atoms with Gasteiger partial charge in [0.25, 0.3) is 0 Å². The van der Waals surface area contributed by atoms with Crippen LogP contribution < -0.4 is 5.73 Å². The van der Waals surface area contributed by atoms with Gasteiger partial charge in [0.2, 0.25) is 0 Å². The third kappa shape index (κ3) is 1.22. The minimum atomic E-state index is 0.447. The van der Waals surface area contributed by atoms with Crippen LogP contribution in [0, 0.1) is 0 Å². The van der Waals surface area contributed by atoms with Crippen molar-refractivity contribution < 1.29 is 4.84 Å². The Balaban J connectivity index is 2.71. The van der Waals surface area contributed by atoms with E-state index in [2.05, 4.69) is 15.0 Å². The van der Waals surface area contributed by atoms with Crippen molar-refractivity contribution in [2.24, 2.45) is 15.9 Å². The molecule has 0 atom stereocenters. The summed E-state index contributed by atoms with van der Waals surface area (Å²) in [4.78, 5) is 8.42. The molecule has 0 aliphatic carbocycles. The minimum Gasteiger partial charge on any atom is -0.399 e. The molecule has 0 bridgehead atoms. The van der Waals surface area contributed by atoms with E-state index in [4.69, 9.17) is 5.73 Å². The molecule has 10 heavy (non-hydrogen) atoms. The van der Waals surface area contributed by atoms with Crippen molar-refractivity contribution in [2.75, 3.05) is 13.7 Å². The van der Waals surface area contributed by atoms with Gasteiger partial charge in [-0.25, -0.2) is 0 Å². The summed E-state index contributed by atoms with van der Waals surface area (Å²) in [5.41, 5.74) is 6.99. The second kappa shape index (κ2) is 3.12. The Morgan fingerprint density at radius 2 is 2.60 bits per heavy atom. The summed E-state index contributed by atoms with van der Waals surface area (Å²) >= 11 is 0. The maximum Gasteiger partial charge on any atom is 0.127 e. The van der Waals surface area contributed by atoms with Gasteiger partial charge in [-0.1, -0.05) is 5.16 Å². The number of rotatable bonds is 2. The number of nitrogens with two attached hydrogens (primary N) is 1. The Kier molecular flexibility index (Phi) is 2.17. The lowest BCUT2D eigenvalue weighted by molar-refractivity contribution is 0.214. The Bertz CT molecular complexity index is 205. The fourth-order valence-corrected chi connectivity index (χ4v) is 0.685. The summed E-state index contributed by atoms with van der Waals surface area (Å²) in [6.07, 6.45) is 3.30. The van der Waals surface area contributed by atoms with Crippen LogP contribution in [0.3, 0.4) is 0 Å². The number of aliphatic imine (C=N–C) groups is 1. The number of hydrogen-bond acceptors (Lipinski definition) is 4. The van der Waals surface area contributed by atoms with E-state index in [1.54, 1.807) is 12.4 Å². The molecule has 0 saturated carbocycles. The van der Waals surface area contributed by atoms with Crippen molar-refractivity contribution in [3.05, 3.63) is 11.8 Å². The van der Waals surface area contributed by atoms with Crippen LogP contribution in [0.2, 0.25) is 0 Å².